The van der Waals surface area contributed by atoms with Gasteiger partial charge in [0.2, 0.25) is 4.80 Å². The van der Waals surface area contributed by atoms with Crippen LogP contribution in [0.3, 0.4) is 0 Å². The Labute approximate surface area is 177 Å². The Morgan fingerprint density at radius 2 is 1.83 bits per heavy atom. The van der Waals surface area contributed by atoms with Crippen molar-refractivity contribution >= 4 is 34.2 Å². The first-order valence-electron chi connectivity index (χ1n) is 9.52. The molecule has 5 rings (SSSR count). The third-order valence-electron chi connectivity index (χ3n) is 4.62. The summed E-state index contributed by atoms with van der Waals surface area (Å²) in [5.74, 6) is 0.746. The average molecular weight is 411 g/mol. The van der Waals surface area contributed by atoms with Gasteiger partial charge in [-0.15, -0.1) is 11.3 Å². The molecule has 0 radical (unpaired) electrons. The Morgan fingerprint density at radius 1 is 1.00 bits per heavy atom. The number of nitrogens with zero attached hydrogens (tertiary/aromatic N) is 4. The van der Waals surface area contributed by atoms with E-state index in [9.17, 15) is 0 Å². The van der Waals surface area contributed by atoms with Crippen LogP contribution in [-0.4, -0.2) is 15.9 Å². The second-order valence-corrected chi connectivity index (χ2v) is 7.65. The summed E-state index contributed by atoms with van der Waals surface area (Å²) < 4.78 is 7.88. The normalized spacial score (nSPS) is 12.2. The first kappa shape index (κ1) is 18.3. The molecule has 0 saturated heterocycles. The van der Waals surface area contributed by atoms with E-state index in [1.165, 1.54) is 16.9 Å². The van der Waals surface area contributed by atoms with Gasteiger partial charge in [-0.25, -0.2) is 9.67 Å². The van der Waals surface area contributed by atoms with Crippen molar-refractivity contribution in [3.8, 4) is 11.5 Å². The zero-order valence-corrected chi connectivity index (χ0v) is 17.1. The summed E-state index contributed by atoms with van der Waals surface area (Å²) in [7, 11) is 0. The molecule has 0 atom stereocenters. The number of hydrogen-bond acceptors (Lipinski definition) is 5. The lowest BCUT2D eigenvalue weighted by Gasteiger charge is -2.01. The molecule has 0 aliphatic heterocycles. The number of fused-ring (bicyclic) bond motifs is 1. The second kappa shape index (κ2) is 7.93. The van der Waals surface area contributed by atoms with Crippen LogP contribution in [0.5, 0.6) is 0 Å². The van der Waals surface area contributed by atoms with E-state index in [0.717, 1.165) is 38.6 Å². The fourth-order valence-electron chi connectivity index (χ4n) is 3.07. The molecule has 0 amide bonds. The quantitative estimate of drug-likeness (QED) is 0.353. The smallest absolute Gasteiger partial charge is 0.211 e. The maximum atomic E-state index is 6.08. The summed E-state index contributed by atoms with van der Waals surface area (Å²) >= 11 is 1.52. The number of hydrogen-bond donors (Lipinski definition) is 0. The number of benzene rings is 2. The minimum Gasteiger partial charge on any atom is -0.454 e. The third kappa shape index (κ3) is 3.73. The van der Waals surface area contributed by atoms with Crippen molar-refractivity contribution in [2.75, 3.05) is 0 Å². The van der Waals surface area contributed by atoms with Crippen LogP contribution in [0.25, 0.3) is 22.4 Å². The van der Waals surface area contributed by atoms with E-state index in [4.69, 9.17) is 9.41 Å². The molecule has 0 aliphatic rings. The molecule has 0 bridgehead atoms. The predicted octanol–water partition coefficient (Wildman–Crippen LogP) is 5.78. The molecule has 0 aliphatic carbocycles. The average Bonchev–Trinajstić information content (AvgIpc) is 3.38. The zero-order valence-electron chi connectivity index (χ0n) is 16.3. The lowest BCUT2D eigenvalue weighted by molar-refractivity contribution is 0.622. The van der Waals surface area contributed by atoms with Crippen molar-refractivity contribution in [1.82, 2.24) is 9.66 Å². The van der Waals surface area contributed by atoms with Crippen LogP contribution in [0.4, 0.5) is 5.69 Å². The van der Waals surface area contributed by atoms with Gasteiger partial charge in [0.15, 0.2) is 5.76 Å². The Balaban J connectivity index is 1.65. The van der Waals surface area contributed by atoms with Gasteiger partial charge in [-0.1, -0.05) is 42.0 Å². The lowest BCUT2D eigenvalue weighted by atomic mass is 10.2. The molecular weight excluding hydrogens is 392 g/mol. The first-order valence-corrected chi connectivity index (χ1v) is 10.4. The number of aromatic nitrogens is 2. The SMILES string of the molecule is Cc1ccc(N=c2scc(-c3cc4ccccc4o3)n2N=Cc2ccccn2)cc1. The molecule has 0 unspecified atom stereocenters. The first-order chi connectivity index (χ1) is 14.8. The van der Waals surface area contributed by atoms with E-state index in [1.807, 2.05) is 78.2 Å². The number of rotatable bonds is 4. The van der Waals surface area contributed by atoms with Gasteiger partial charge < -0.3 is 4.42 Å². The van der Waals surface area contributed by atoms with Gasteiger partial charge in [-0.2, -0.15) is 5.10 Å². The number of aryl methyl sites for hydroxylation is 1. The summed E-state index contributed by atoms with van der Waals surface area (Å²) in [6.45, 7) is 2.06. The topological polar surface area (TPSA) is 55.7 Å². The fourth-order valence-corrected chi connectivity index (χ4v) is 3.90. The van der Waals surface area contributed by atoms with E-state index in [-0.39, 0.29) is 0 Å². The summed E-state index contributed by atoms with van der Waals surface area (Å²) in [4.78, 5) is 9.88. The number of furan rings is 1. The van der Waals surface area contributed by atoms with E-state index in [2.05, 4.69) is 17.0 Å². The number of para-hydroxylation sites is 1. The second-order valence-electron chi connectivity index (χ2n) is 6.81. The number of thiazole rings is 1. The van der Waals surface area contributed by atoms with Crippen molar-refractivity contribution in [1.29, 1.82) is 0 Å². The molecule has 3 aromatic heterocycles. The van der Waals surface area contributed by atoms with Gasteiger partial charge in [-0.3, -0.25) is 4.98 Å². The Bertz CT molecular complexity index is 1360. The molecular formula is C24H18N4OS. The molecule has 5 aromatic rings. The highest BCUT2D eigenvalue weighted by Gasteiger charge is 2.13. The van der Waals surface area contributed by atoms with Gasteiger partial charge in [0.05, 0.1) is 17.6 Å². The van der Waals surface area contributed by atoms with Crippen LogP contribution in [-0.2, 0) is 0 Å². The van der Waals surface area contributed by atoms with Gasteiger partial charge in [-0.05, 0) is 43.3 Å². The summed E-state index contributed by atoms with van der Waals surface area (Å²) in [6, 6.07) is 23.8. The van der Waals surface area contributed by atoms with Crippen molar-refractivity contribution in [2.24, 2.45) is 10.1 Å². The Hall–Kier alpha value is -3.77. The Kier molecular flexibility index (Phi) is 4.83. The molecule has 0 fully saturated rings. The van der Waals surface area contributed by atoms with Crippen LogP contribution in [0.1, 0.15) is 11.3 Å². The molecule has 30 heavy (non-hydrogen) atoms. The van der Waals surface area contributed by atoms with Crippen LogP contribution in [0, 0.1) is 6.92 Å². The molecule has 3 heterocycles. The maximum Gasteiger partial charge on any atom is 0.211 e. The van der Waals surface area contributed by atoms with Gasteiger partial charge in [0.25, 0.3) is 0 Å². The maximum absolute atomic E-state index is 6.08. The van der Waals surface area contributed by atoms with E-state index < -0.39 is 0 Å². The summed E-state index contributed by atoms with van der Waals surface area (Å²) in [5, 5.41) is 7.75. The molecule has 0 N–H and O–H groups in total. The highest BCUT2D eigenvalue weighted by Crippen LogP contribution is 2.28. The summed E-state index contributed by atoms with van der Waals surface area (Å²) in [5.41, 5.74) is 4.53. The molecule has 5 nitrogen and oxygen atoms in total. The molecule has 2 aromatic carbocycles. The predicted molar refractivity (Wildman–Crippen MR) is 121 cm³/mol. The van der Waals surface area contributed by atoms with Crippen molar-refractivity contribution in [3.05, 3.63) is 100 Å². The molecule has 6 heteroatoms. The van der Waals surface area contributed by atoms with Gasteiger partial charge >= 0.3 is 0 Å². The van der Waals surface area contributed by atoms with Crippen molar-refractivity contribution in [3.63, 3.8) is 0 Å². The van der Waals surface area contributed by atoms with E-state index in [0.29, 0.717) is 0 Å². The minimum absolute atomic E-state index is 0.746. The monoisotopic (exact) mass is 410 g/mol. The minimum atomic E-state index is 0.746. The lowest BCUT2D eigenvalue weighted by Crippen LogP contribution is -2.11. The highest BCUT2D eigenvalue weighted by atomic mass is 32.1. The van der Waals surface area contributed by atoms with Crippen LogP contribution >= 0.6 is 11.3 Å². The van der Waals surface area contributed by atoms with Crippen molar-refractivity contribution in [2.45, 2.75) is 6.92 Å². The standard InChI is InChI=1S/C24H18N4OS/c1-17-9-11-19(12-10-17)27-24-28(26-15-20-7-4-5-13-25-20)21(16-30-24)23-14-18-6-2-3-8-22(18)29-23/h2-16H,1H3. The molecule has 0 spiro atoms. The fraction of sp³-hybridized carbons (Fsp3) is 0.0417. The van der Waals surface area contributed by atoms with Crippen molar-refractivity contribution < 1.29 is 4.42 Å². The number of pyridine rings is 1. The van der Waals surface area contributed by atoms with E-state index >= 15 is 0 Å². The summed E-state index contributed by atoms with van der Waals surface area (Å²) in [6.07, 6.45) is 3.48. The van der Waals surface area contributed by atoms with Crippen LogP contribution in [0.2, 0.25) is 0 Å². The van der Waals surface area contributed by atoms with Gasteiger partial charge in [0, 0.05) is 17.0 Å². The molecule has 146 valence electrons. The zero-order chi connectivity index (χ0) is 20.3. The molecule has 0 saturated carbocycles. The van der Waals surface area contributed by atoms with Crippen LogP contribution < -0.4 is 4.80 Å². The van der Waals surface area contributed by atoms with Crippen LogP contribution in [0.15, 0.2) is 98.9 Å². The Morgan fingerprint density at radius 3 is 2.63 bits per heavy atom. The van der Waals surface area contributed by atoms with Gasteiger partial charge in [0.1, 0.15) is 11.3 Å². The largest absolute Gasteiger partial charge is 0.454 e. The third-order valence-corrected chi connectivity index (χ3v) is 5.43. The van der Waals surface area contributed by atoms with E-state index in [1.54, 1.807) is 17.1 Å². The highest BCUT2D eigenvalue weighted by molar-refractivity contribution is 7.07.